The topological polar surface area (TPSA) is 169 Å². The van der Waals surface area contributed by atoms with Crippen LogP contribution in [0, 0.1) is 5.92 Å². The highest BCUT2D eigenvalue weighted by Gasteiger charge is 2.44. The van der Waals surface area contributed by atoms with Gasteiger partial charge in [0.05, 0.1) is 25.4 Å². The predicted octanol–water partition coefficient (Wildman–Crippen LogP) is 9.50. The highest BCUT2D eigenvalue weighted by molar-refractivity contribution is 5.80. The molecule has 10 heteroatoms. The molecule has 0 spiro atoms. The van der Waals surface area contributed by atoms with Crippen LogP contribution in [-0.2, 0) is 14.3 Å². The third kappa shape index (κ3) is 29.5. The summed E-state index contributed by atoms with van der Waals surface area (Å²) in [5.41, 5.74) is 0. The van der Waals surface area contributed by atoms with Gasteiger partial charge < -0.3 is 45.4 Å². The SMILES string of the molecule is CCCCCCCCCCCCCCCCCCC=CCCC(O)C(=O)NC(COC1OC(CO)C(O)C(O)C1O)C(O)C=CCCCCCCCCCCCC(C)C. The van der Waals surface area contributed by atoms with Crippen molar-refractivity contribution in [1.29, 1.82) is 0 Å². The predicted molar refractivity (Wildman–Crippen MR) is 241 cm³/mol. The fraction of sp³-hybridized carbons (Fsp3) is 0.898. The number of rotatable bonds is 40. The van der Waals surface area contributed by atoms with Crippen LogP contribution >= 0.6 is 0 Å². The second-order valence-electron chi connectivity index (χ2n) is 17.9. The van der Waals surface area contributed by atoms with Gasteiger partial charge in [0, 0.05) is 0 Å². The lowest BCUT2D eigenvalue weighted by Crippen LogP contribution is -2.60. The third-order valence-electron chi connectivity index (χ3n) is 11.8. The molecule has 1 heterocycles. The van der Waals surface area contributed by atoms with E-state index in [0.717, 1.165) is 38.0 Å². The Morgan fingerprint density at radius 3 is 1.56 bits per heavy atom. The zero-order valence-corrected chi connectivity index (χ0v) is 38.0. The average Bonchev–Trinajstić information content (AvgIpc) is 3.22. The van der Waals surface area contributed by atoms with E-state index in [1.165, 1.54) is 148 Å². The van der Waals surface area contributed by atoms with Crippen LogP contribution in [0.2, 0.25) is 0 Å². The van der Waals surface area contributed by atoms with Crippen molar-refractivity contribution in [2.24, 2.45) is 5.92 Å². The van der Waals surface area contributed by atoms with E-state index in [1.807, 2.05) is 12.2 Å². The Balaban J connectivity index is 2.38. The molecule has 348 valence electrons. The van der Waals surface area contributed by atoms with Gasteiger partial charge in [0.2, 0.25) is 5.91 Å². The second-order valence-corrected chi connectivity index (χ2v) is 17.9. The molecule has 1 aliphatic heterocycles. The van der Waals surface area contributed by atoms with Crippen molar-refractivity contribution < 1.29 is 44.9 Å². The van der Waals surface area contributed by atoms with Crippen molar-refractivity contribution in [3.8, 4) is 0 Å². The largest absolute Gasteiger partial charge is 0.394 e. The minimum absolute atomic E-state index is 0.228. The zero-order valence-electron chi connectivity index (χ0n) is 38.0. The van der Waals surface area contributed by atoms with E-state index in [0.29, 0.717) is 6.42 Å². The first-order valence-corrected chi connectivity index (χ1v) is 24.5. The van der Waals surface area contributed by atoms with E-state index in [9.17, 15) is 35.4 Å². The molecule has 1 saturated heterocycles. The van der Waals surface area contributed by atoms with Crippen LogP contribution in [-0.4, -0.2) is 98.7 Å². The van der Waals surface area contributed by atoms with Crippen LogP contribution in [0.3, 0.4) is 0 Å². The summed E-state index contributed by atoms with van der Waals surface area (Å²) in [5, 5.41) is 64.7. The second kappa shape index (κ2) is 38.3. The molecule has 0 radical (unpaired) electrons. The van der Waals surface area contributed by atoms with Gasteiger partial charge in [-0.3, -0.25) is 4.79 Å². The van der Waals surface area contributed by atoms with Gasteiger partial charge in [0.1, 0.15) is 30.5 Å². The third-order valence-corrected chi connectivity index (χ3v) is 11.8. The Hall–Kier alpha value is -1.37. The van der Waals surface area contributed by atoms with Gasteiger partial charge in [-0.1, -0.05) is 199 Å². The van der Waals surface area contributed by atoms with Crippen molar-refractivity contribution in [2.45, 2.75) is 262 Å². The van der Waals surface area contributed by atoms with Crippen molar-refractivity contribution in [1.82, 2.24) is 5.32 Å². The Labute approximate surface area is 361 Å². The first kappa shape index (κ1) is 55.6. The maximum atomic E-state index is 13.0. The number of hydrogen-bond donors (Lipinski definition) is 7. The molecular weight excluding hydrogens is 747 g/mol. The summed E-state index contributed by atoms with van der Waals surface area (Å²) in [6.07, 6.45) is 34.3. The van der Waals surface area contributed by atoms with Crippen molar-refractivity contribution in [3.05, 3.63) is 24.3 Å². The van der Waals surface area contributed by atoms with Crippen LogP contribution in [0.4, 0.5) is 0 Å². The molecule has 1 fully saturated rings. The zero-order chi connectivity index (χ0) is 43.4. The molecule has 59 heavy (non-hydrogen) atoms. The molecule has 8 atom stereocenters. The van der Waals surface area contributed by atoms with Gasteiger partial charge in [-0.25, -0.2) is 0 Å². The van der Waals surface area contributed by atoms with Crippen LogP contribution in [0.5, 0.6) is 0 Å². The minimum Gasteiger partial charge on any atom is -0.394 e. The summed E-state index contributed by atoms with van der Waals surface area (Å²) in [6, 6.07) is -0.994. The van der Waals surface area contributed by atoms with Gasteiger partial charge in [-0.2, -0.15) is 0 Å². The van der Waals surface area contributed by atoms with Gasteiger partial charge in [-0.15, -0.1) is 0 Å². The quantitative estimate of drug-likeness (QED) is 0.0235. The molecule has 10 nitrogen and oxygen atoms in total. The fourth-order valence-electron chi connectivity index (χ4n) is 7.76. The van der Waals surface area contributed by atoms with Gasteiger partial charge in [0.15, 0.2) is 6.29 Å². The van der Waals surface area contributed by atoms with Crippen LogP contribution in [0.15, 0.2) is 24.3 Å². The lowest BCUT2D eigenvalue weighted by atomic mass is 9.99. The maximum absolute atomic E-state index is 13.0. The van der Waals surface area contributed by atoms with E-state index >= 15 is 0 Å². The lowest BCUT2D eigenvalue weighted by Gasteiger charge is -2.40. The summed E-state index contributed by atoms with van der Waals surface area (Å²) in [5.74, 6) is 0.143. The Morgan fingerprint density at radius 2 is 1.07 bits per heavy atom. The number of aliphatic hydroxyl groups is 6. The van der Waals surface area contributed by atoms with Crippen molar-refractivity contribution >= 4 is 5.91 Å². The van der Waals surface area contributed by atoms with Crippen molar-refractivity contribution in [3.63, 3.8) is 0 Å². The lowest BCUT2D eigenvalue weighted by molar-refractivity contribution is -0.302. The maximum Gasteiger partial charge on any atom is 0.249 e. The normalized spacial score (nSPS) is 21.5. The van der Waals surface area contributed by atoms with E-state index in [4.69, 9.17) is 9.47 Å². The van der Waals surface area contributed by atoms with Crippen LogP contribution < -0.4 is 5.32 Å². The first-order valence-electron chi connectivity index (χ1n) is 24.5. The van der Waals surface area contributed by atoms with E-state index in [1.54, 1.807) is 6.08 Å². The van der Waals surface area contributed by atoms with Gasteiger partial charge in [0.25, 0.3) is 0 Å². The molecule has 0 saturated carbocycles. The molecule has 1 amide bonds. The summed E-state index contributed by atoms with van der Waals surface area (Å²) >= 11 is 0. The molecular formula is C49H93NO9. The van der Waals surface area contributed by atoms with E-state index < -0.39 is 61.5 Å². The molecule has 0 aromatic rings. The Kier molecular flexibility index (Phi) is 36.1. The number of allylic oxidation sites excluding steroid dienone is 3. The molecule has 8 unspecified atom stereocenters. The molecule has 0 aliphatic carbocycles. The molecule has 0 aromatic heterocycles. The summed E-state index contributed by atoms with van der Waals surface area (Å²) in [4.78, 5) is 13.0. The number of aliphatic hydroxyl groups excluding tert-OH is 6. The molecule has 0 bridgehead atoms. The molecule has 1 rings (SSSR count). The first-order chi connectivity index (χ1) is 28.6. The minimum atomic E-state index is -1.61. The smallest absolute Gasteiger partial charge is 0.249 e. The summed E-state index contributed by atoms with van der Waals surface area (Å²) < 4.78 is 11.1. The Bertz CT molecular complexity index is 1010. The number of nitrogens with one attached hydrogen (secondary N) is 1. The number of carbonyl (C=O) groups is 1. The number of unbranched alkanes of at least 4 members (excludes halogenated alkanes) is 25. The summed E-state index contributed by atoms with van der Waals surface area (Å²) in [6.45, 7) is 5.91. The standard InChI is InChI=1S/C49H93NO9/c1-4-5-6-7-8-9-10-11-12-13-14-15-16-17-18-21-25-28-31-34-37-43(53)48(57)50-41(39-58-49-47(56)46(55)45(54)44(38-51)59-49)42(52)36-33-30-27-24-22-19-20-23-26-29-32-35-40(2)3/h28,31,33,36,40-47,49,51-56H,4-27,29-30,32,34-35,37-39H2,1-3H3,(H,50,57). The van der Waals surface area contributed by atoms with Gasteiger partial charge in [-0.05, 0) is 44.4 Å². The monoisotopic (exact) mass is 840 g/mol. The number of amides is 1. The number of carbonyl (C=O) groups excluding carboxylic acids is 1. The van der Waals surface area contributed by atoms with Crippen molar-refractivity contribution in [2.75, 3.05) is 13.2 Å². The van der Waals surface area contributed by atoms with Crippen LogP contribution in [0.25, 0.3) is 0 Å². The highest BCUT2D eigenvalue weighted by atomic mass is 16.7. The average molecular weight is 840 g/mol. The number of hydrogen-bond acceptors (Lipinski definition) is 9. The molecule has 0 aromatic carbocycles. The molecule has 1 aliphatic rings. The van der Waals surface area contributed by atoms with Gasteiger partial charge >= 0.3 is 0 Å². The Morgan fingerprint density at radius 1 is 0.610 bits per heavy atom. The fourth-order valence-corrected chi connectivity index (χ4v) is 7.76. The van der Waals surface area contributed by atoms with Crippen LogP contribution in [0.1, 0.15) is 213 Å². The summed E-state index contributed by atoms with van der Waals surface area (Å²) in [7, 11) is 0. The highest BCUT2D eigenvalue weighted by Crippen LogP contribution is 2.23. The molecule has 7 N–H and O–H groups in total. The van der Waals surface area contributed by atoms with E-state index in [-0.39, 0.29) is 13.0 Å². The van der Waals surface area contributed by atoms with E-state index in [2.05, 4.69) is 32.2 Å². The number of ether oxygens (including phenoxy) is 2.